The third-order valence-electron chi connectivity index (χ3n) is 5.70. The van der Waals surface area contributed by atoms with Gasteiger partial charge in [-0.05, 0) is 43.6 Å². The average Bonchev–Trinajstić information content (AvgIpc) is 2.96. The molecule has 0 radical (unpaired) electrons. The Kier molecular flexibility index (Phi) is 4.67. The van der Waals surface area contributed by atoms with Crippen LogP contribution in [0.2, 0.25) is 0 Å². The quantitative estimate of drug-likeness (QED) is 0.895. The molecule has 7 heteroatoms. The monoisotopic (exact) mass is 346 g/mol. The SMILES string of the molecule is CCc1nc(N2CCC3(CC2)C[C@H](C(=O)O)N(C(C)=O)C3)ncc1C. The van der Waals surface area contributed by atoms with Crippen LogP contribution < -0.4 is 4.90 Å². The lowest BCUT2D eigenvalue weighted by Gasteiger charge is -2.39. The highest BCUT2D eigenvalue weighted by Gasteiger charge is 2.49. The Morgan fingerprint density at radius 1 is 1.36 bits per heavy atom. The van der Waals surface area contributed by atoms with Crippen LogP contribution in [0.1, 0.15) is 44.4 Å². The van der Waals surface area contributed by atoms with E-state index in [1.165, 1.54) is 11.8 Å². The van der Waals surface area contributed by atoms with Crippen molar-refractivity contribution in [3.63, 3.8) is 0 Å². The lowest BCUT2D eigenvalue weighted by molar-refractivity contribution is -0.147. The standard InChI is InChI=1S/C18H26N4O3/c1-4-14-12(2)10-19-17(20-14)21-7-5-18(6-8-21)9-15(16(24)25)22(11-18)13(3)23/h10,15H,4-9,11H2,1-3H3,(H,24,25)/t15-/m1/s1. The number of aromatic nitrogens is 2. The molecule has 2 aliphatic rings. The van der Waals surface area contributed by atoms with Crippen LogP contribution in [0.4, 0.5) is 5.95 Å². The molecule has 2 aliphatic heterocycles. The van der Waals surface area contributed by atoms with E-state index in [0.717, 1.165) is 49.6 Å². The number of hydrogen-bond acceptors (Lipinski definition) is 5. The van der Waals surface area contributed by atoms with Crippen molar-refractivity contribution in [2.45, 2.75) is 52.5 Å². The van der Waals surface area contributed by atoms with Gasteiger partial charge < -0.3 is 14.9 Å². The molecule has 0 aromatic carbocycles. The first-order valence-electron chi connectivity index (χ1n) is 8.93. The Balaban J connectivity index is 1.71. The van der Waals surface area contributed by atoms with Crippen LogP contribution in [-0.2, 0) is 16.0 Å². The summed E-state index contributed by atoms with van der Waals surface area (Å²) in [6.07, 6.45) is 5.02. The van der Waals surface area contributed by atoms with Gasteiger partial charge >= 0.3 is 5.97 Å². The van der Waals surface area contributed by atoms with Gasteiger partial charge in [0.05, 0.1) is 0 Å². The number of carbonyl (C=O) groups excluding carboxylic acids is 1. The van der Waals surface area contributed by atoms with Crippen molar-refractivity contribution in [2.75, 3.05) is 24.5 Å². The van der Waals surface area contributed by atoms with Crippen molar-refractivity contribution < 1.29 is 14.7 Å². The number of piperidine rings is 1. The smallest absolute Gasteiger partial charge is 0.326 e. The Bertz CT molecular complexity index is 659. The van der Waals surface area contributed by atoms with E-state index in [1.54, 1.807) is 0 Å². The van der Waals surface area contributed by atoms with E-state index < -0.39 is 12.0 Å². The van der Waals surface area contributed by atoms with Gasteiger partial charge in [0.25, 0.3) is 0 Å². The van der Waals surface area contributed by atoms with Gasteiger partial charge in [-0.25, -0.2) is 14.8 Å². The number of hydrogen-bond donors (Lipinski definition) is 1. The molecule has 1 amide bonds. The van der Waals surface area contributed by atoms with Crippen molar-refractivity contribution in [3.8, 4) is 0 Å². The van der Waals surface area contributed by atoms with E-state index in [2.05, 4.69) is 21.8 Å². The van der Waals surface area contributed by atoms with Gasteiger partial charge in [-0.2, -0.15) is 0 Å². The van der Waals surface area contributed by atoms with Crippen molar-refractivity contribution in [1.29, 1.82) is 0 Å². The summed E-state index contributed by atoms with van der Waals surface area (Å²) in [4.78, 5) is 36.2. The first-order chi connectivity index (χ1) is 11.8. The third-order valence-corrected chi connectivity index (χ3v) is 5.70. The number of aryl methyl sites for hydroxylation is 2. The number of rotatable bonds is 3. The molecule has 7 nitrogen and oxygen atoms in total. The zero-order chi connectivity index (χ0) is 18.2. The minimum Gasteiger partial charge on any atom is -0.480 e. The van der Waals surface area contributed by atoms with E-state index in [4.69, 9.17) is 0 Å². The maximum Gasteiger partial charge on any atom is 0.326 e. The van der Waals surface area contributed by atoms with Crippen LogP contribution >= 0.6 is 0 Å². The molecule has 2 saturated heterocycles. The molecule has 1 N–H and O–H groups in total. The predicted molar refractivity (Wildman–Crippen MR) is 93.5 cm³/mol. The molecule has 0 unspecified atom stereocenters. The lowest BCUT2D eigenvalue weighted by Crippen LogP contribution is -2.43. The number of carbonyl (C=O) groups is 2. The van der Waals surface area contributed by atoms with Gasteiger partial charge in [0, 0.05) is 38.4 Å². The first-order valence-corrected chi connectivity index (χ1v) is 8.93. The van der Waals surface area contributed by atoms with Crippen LogP contribution in [0.25, 0.3) is 0 Å². The number of aliphatic carboxylic acids is 1. The van der Waals surface area contributed by atoms with Crippen molar-refractivity contribution in [2.24, 2.45) is 5.41 Å². The fourth-order valence-electron chi connectivity index (χ4n) is 4.13. The van der Waals surface area contributed by atoms with Crippen LogP contribution in [-0.4, -0.2) is 57.5 Å². The van der Waals surface area contributed by atoms with E-state index >= 15 is 0 Å². The van der Waals surface area contributed by atoms with Crippen LogP contribution in [0.5, 0.6) is 0 Å². The molecule has 25 heavy (non-hydrogen) atoms. The number of nitrogens with zero attached hydrogens (tertiary/aromatic N) is 4. The van der Waals surface area contributed by atoms with Gasteiger partial charge in [-0.1, -0.05) is 6.92 Å². The summed E-state index contributed by atoms with van der Waals surface area (Å²) in [5, 5.41) is 9.44. The molecular weight excluding hydrogens is 320 g/mol. The predicted octanol–water partition coefficient (Wildman–Crippen LogP) is 1.64. The van der Waals surface area contributed by atoms with Crippen molar-refractivity contribution in [3.05, 3.63) is 17.5 Å². The van der Waals surface area contributed by atoms with Gasteiger partial charge in [-0.3, -0.25) is 4.79 Å². The zero-order valence-corrected chi connectivity index (χ0v) is 15.2. The number of amides is 1. The fourth-order valence-corrected chi connectivity index (χ4v) is 4.13. The summed E-state index contributed by atoms with van der Waals surface area (Å²) in [6.45, 7) is 7.70. The molecule has 0 saturated carbocycles. The minimum atomic E-state index is -0.899. The normalized spacial score (nSPS) is 22.4. The summed E-state index contributed by atoms with van der Waals surface area (Å²) >= 11 is 0. The molecule has 3 rings (SSSR count). The highest BCUT2D eigenvalue weighted by Crippen LogP contribution is 2.43. The van der Waals surface area contributed by atoms with E-state index in [-0.39, 0.29) is 11.3 Å². The summed E-state index contributed by atoms with van der Waals surface area (Å²) < 4.78 is 0. The molecule has 0 bridgehead atoms. The topological polar surface area (TPSA) is 86.6 Å². The number of carboxylic acid groups (broad SMARTS) is 1. The van der Waals surface area contributed by atoms with Gasteiger partial charge in [0.1, 0.15) is 6.04 Å². The van der Waals surface area contributed by atoms with Crippen LogP contribution in [0, 0.1) is 12.3 Å². The molecular formula is C18H26N4O3. The van der Waals surface area contributed by atoms with E-state index in [1.807, 2.05) is 13.1 Å². The first kappa shape index (κ1) is 17.6. The van der Waals surface area contributed by atoms with Crippen LogP contribution in [0.15, 0.2) is 6.20 Å². The second-order valence-electron chi connectivity index (χ2n) is 7.35. The lowest BCUT2D eigenvalue weighted by atomic mass is 9.76. The highest BCUT2D eigenvalue weighted by atomic mass is 16.4. The van der Waals surface area contributed by atoms with Crippen LogP contribution in [0.3, 0.4) is 0 Å². The molecule has 1 spiro atoms. The largest absolute Gasteiger partial charge is 0.480 e. The minimum absolute atomic E-state index is 0.0937. The molecule has 136 valence electrons. The molecule has 0 aliphatic carbocycles. The Hall–Kier alpha value is -2.18. The second-order valence-corrected chi connectivity index (χ2v) is 7.35. The average molecular weight is 346 g/mol. The van der Waals surface area contributed by atoms with Crippen molar-refractivity contribution in [1.82, 2.24) is 14.9 Å². The van der Waals surface area contributed by atoms with E-state index in [9.17, 15) is 14.7 Å². The summed E-state index contributed by atoms with van der Waals surface area (Å²) in [7, 11) is 0. The Morgan fingerprint density at radius 3 is 2.56 bits per heavy atom. The molecule has 1 aromatic heterocycles. The van der Waals surface area contributed by atoms with E-state index in [0.29, 0.717) is 13.0 Å². The van der Waals surface area contributed by atoms with Gasteiger partial charge in [0.2, 0.25) is 11.9 Å². The summed E-state index contributed by atoms with van der Waals surface area (Å²) in [6, 6.07) is -0.689. The zero-order valence-electron chi connectivity index (χ0n) is 15.2. The molecule has 2 fully saturated rings. The highest BCUT2D eigenvalue weighted by molar-refractivity contribution is 5.83. The fraction of sp³-hybridized carbons (Fsp3) is 0.667. The number of likely N-dealkylation sites (tertiary alicyclic amines) is 1. The molecule has 3 heterocycles. The third kappa shape index (κ3) is 3.32. The Morgan fingerprint density at radius 2 is 2.04 bits per heavy atom. The molecule has 1 aromatic rings. The number of carboxylic acids is 1. The second kappa shape index (κ2) is 6.61. The summed E-state index contributed by atoms with van der Waals surface area (Å²) in [5.74, 6) is -0.293. The maximum atomic E-state index is 11.8. The Labute approximate surface area is 148 Å². The van der Waals surface area contributed by atoms with Gasteiger partial charge in [0.15, 0.2) is 0 Å². The van der Waals surface area contributed by atoms with Gasteiger partial charge in [-0.15, -0.1) is 0 Å². The molecule has 1 atom stereocenters. The number of anilines is 1. The maximum absolute atomic E-state index is 11.8. The summed E-state index contributed by atoms with van der Waals surface area (Å²) in [5.41, 5.74) is 2.08. The van der Waals surface area contributed by atoms with Crippen molar-refractivity contribution >= 4 is 17.8 Å².